The van der Waals surface area contributed by atoms with Crippen LogP contribution < -0.4 is 20.6 Å². The van der Waals surface area contributed by atoms with Crippen LogP contribution in [0.2, 0.25) is 0 Å². The Bertz CT molecular complexity index is 631. The lowest BCUT2D eigenvalue weighted by molar-refractivity contribution is -0.115. The zero-order valence-electron chi connectivity index (χ0n) is 8.65. The van der Waals surface area contributed by atoms with E-state index in [1.54, 1.807) is 7.11 Å². The number of hydrogen-bond donors (Lipinski definition) is 1. The highest BCUT2D eigenvalue weighted by Gasteiger charge is 2.24. The maximum atomic E-state index is 11.7. The average Bonchev–Trinajstić information content (AvgIpc) is 2.67. The molecule has 0 radical (unpaired) electrons. The maximum Gasteiger partial charge on any atom is 0.257 e. The van der Waals surface area contributed by atoms with Crippen LogP contribution in [0.25, 0.3) is 5.57 Å². The smallest absolute Gasteiger partial charge is 0.257 e. The number of benzene rings is 1. The van der Waals surface area contributed by atoms with Crippen molar-refractivity contribution in [2.45, 2.75) is 0 Å². The van der Waals surface area contributed by atoms with Crippen LogP contribution >= 0.6 is 0 Å². The first-order valence-corrected chi connectivity index (χ1v) is 4.90. The first-order valence-electron chi connectivity index (χ1n) is 4.90. The Morgan fingerprint density at radius 3 is 3.12 bits per heavy atom. The summed E-state index contributed by atoms with van der Waals surface area (Å²) in [6, 6.07) is 5.45. The zero-order valence-corrected chi connectivity index (χ0v) is 8.65. The number of fused-ring (bicyclic) bond motifs is 2. The molecule has 80 valence electrons. The topological polar surface area (TPSA) is 63.0 Å². The number of amides is 1. The van der Waals surface area contributed by atoms with Crippen molar-refractivity contribution in [1.82, 2.24) is 5.32 Å². The summed E-state index contributed by atoms with van der Waals surface area (Å²) in [5.41, 5.74) is 0.542. The summed E-state index contributed by atoms with van der Waals surface area (Å²) in [6.07, 6.45) is 0. The molecule has 0 saturated carbocycles. The second kappa shape index (κ2) is 3.16. The molecule has 2 aliphatic rings. The van der Waals surface area contributed by atoms with Gasteiger partial charge < -0.3 is 10.1 Å². The second-order valence-electron chi connectivity index (χ2n) is 3.52. The van der Waals surface area contributed by atoms with Crippen molar-refractivity contribution in [2.75, 3.05) is 13.8 Å². The number of amidine groups is 1. The highest BCUT2D eigenvalue weighted by Crippen LogP contribution is 2.10. The third kappa shape index (κ3) is 1.14. The fourth-order valence-electron chi connectivity index (χ4n) is 1.84. The summed E-state index contributed by atoms with van der Waals surface area (Å²) >= 11 is 0. The number of carbonyl (C=O) groups excluding carboxylic acids is 1. The van der Waals surface area contributed by atoms with E-state index >= 15 is 0 Å². The highest BCUT2D eigenvalue weighted by atomic mass is 16.5. The Balaban J connectivity index is 2.38. The standard InChI is InChI=1S/C11H9N3O2/c1-16-6-2-3-8-7(4-6)9-10(14-8)12-5-13-11(9)15/h2-4H,5H2,1H3,(H,13,15). The Morgan fingerprint density at radius 2 is 2.31 bits per heavy atom. The number of aliphatic imine (C=N–C) groups is 1. The van der Waals surface area contributed by atoms with Gasteiger partial charge in [0.15, 0.2) is 5.84 Å². The quantitative estimate of drug-likeness (QED) is 0.650. The van der Waals surface area contributed by atoms with E-state index in [0.29, 0.717) is 23.8 Å². The van der Waals surface area contributed by atoms with E-state index in [1.165, 1.54) is 0 Å². The maximum absolute atomic E-state index is 11.7. The van der Waals surface area contributed by atoms with Gasteiger partial charge in [-0.2, -0.15) is 0 Å². The number of nitrogens with one attached hydrogen (secondary N) is 1. The molecular formula is C11H9N3O2. The van der Waals surface area contributed by atoms with Gasteiger partial charge >= 0.3 is 0 Å². The molecule has 0 unspecified atom stereocenters. The lowest BCUT2D eigenvalue weighted by Gasteiger charge is -2.09. The molecule has 0 aliphatic carbocycles. The molecule has 0 atom stereocenters. The van der Waals surface area contributed by atoms with Gasteiger partial charge in [0.25, 0.3) is 5.91 Å². The summed E-state index contributed by atoms with van der Waals surface area (Å²) < 4.78 is 5.13. The van der Waals surface area contributed by atoms with Gasteiger partial charge in [0.1, 0.15) is 12.4 Å². The minimum Gasteiger partial charge on any atom is -0.497 e. The van der Waals surface area contributed by atoms with Crippen molar-refractivity contribution in [3.8, 4) is 5.75 Å². The molecule has 2 heterocycles. The van der Waals surface area contributed by atoms with Crippen LogP contribution in [-0.2, 0) is 4.79 Å². The van der Waals surface area contributed by atoms with Crippen LogP contribution in [0.4, 0.5) is 0 Å². The largest absolute Gasteiger partial charge is 0.497 e. The molecule has 5 heteroatoms. The third-order valence-corrected chi connectivity index (χ3v) is 2.62. The van der Waals surface area contributed by atoms with Crippen LogP contribution in [-0.4, -0.2) is 25.5 Å². The molecule has 2 aliphatic heterocycles. The van der Waals surface area contributed by atoms with Gasteiger partial charge in [-0.05, 0) is 18.2 Å². The van der Waals surface area contributed by atoms with Gasteiger partial charge in [0, 0.05) is 5.22 Å². The van der Waals surface area contributed by atoms with Gasteiger partial charge in [-0.1, -0.05) is 0 Å². The SMILES string of the molecule is COc1ccc2c(c1)=C1C(=O)NCN=C1N=2. The molecule has 1 amide bonds. The highest BCUT2D eigenvalue weighted by molar-refractivity contribution is 6.43. The lowest BCUT2D eigenvalue weighted by atomic mass is 10.1. The first-order chi connectivity index (χ1) is 7.79. The fraction of sp³-hybridized carbons (Fsp3) is 0.182. The van der Waals surface area contributed by atoms with Gasteiger partial charge in [-0.25, -0.2) is 9.98 Å². The second-order valence-corrected chi connectivity index (χ2v) is 3.52. The average molecular weight is 215 g/mol. The Hall–Kier alpha value is -2.17. The molecule has 3 rings (SSSR count). The van der Waals surface area contributed by atoms with Crippen molar-refractivity contribution in [3.63, 3.8) is 0 Å². The molecule has 0 spiro atoms. The monoisotopic (exact) mass is 215 g/mol. The van der Waals surface area contributed by atoms with Crippen LogP contribution in [0.1, 0.15) is 0 Å². The molecule has 0 saturated heterocycles. The first kappa shape index (κ1) is 9.08. The summed E-state index contributed by atoms with van der Waals surface area (Å²) in [6.45, 7) is 0.298. The van der Waals surface area contributed by atoms with Crippen molar-refractivity contribution in [2.24, 2.45) is 9.98 Å². The number of methoxy groups -OCH3 is 1. The van der Waals surface area contributed by atoms with E-state index in [-0.39, 0.29) is 5.91 Å². The minimum atomic E-state index is -0.124. The van der Waals surface area contributed by atoms with Crippen molar-refractivity contribution >= 4 is 17.3 Å². The number of carbonyl (C=O) groups is 1. The molecule has 16 heavy (non-hydrogen) atoms. The molecular weight excluding hydrogens is 206 g/mol. The Morgan fingerprint density at radius 1 is 1.44 bits per heavy atom. The Kier molecular flexibility index (Phi) is 1.80. The van der Waals surface area contributed by atoms with E-state index in [2.05, 4.69) is 15.3 Å². The normalized spacial score (nSPS) is 16.9. The fourth-order valence-corrected chi connectivity index (χ4v) is 1.84. The lowest BCUT2D eigenvalue weighted by Crippen LogP contribution is -2.35. The van der Waals surface area contributed by atoms with Crippen LogP contribution in [0.5, 0.6) is 5.75 Å². The molecule has 1 aromatic carbocycles. The summed E-state index contributed by atoms with van der Waals surface area (Å²) in [4.78, 5) is 20.2. The van der Waals surface area contributed by atoms with E-state index in [0.717, 1.165) is 10.6 Å². The molecule has 1 aromatic rings. The number of ether oxygens (including phenoxy) is 1. The number of nitrogens with zero attached hydrogens (tertiary/aromatic N) is 2. The molecule has 0 fully saturated rings. The van der Waals surface area contributed by atoms with Crippen molar-refractivity contribution < 1.29 is 9.53 Å². The van der Waals surface area contributed by atoms with Crippen LogP contribution in [0, 0.1) is 0 Å². The minimum absolute atomic E-state index is 0.124. The molecule has 0 bridgehead atoms. The number of rotatable bonds is 1. The zero-order chi connectivity index (χ0) is 11.1. The van der Waals surface area contributed by atoms with E-state index < -0.39 is 0 Å². The summed E-state index contributed by atoms with van der Waals surface area (Å²) in [7, 11) is 1.59. The Labute approximate surface area is 91.2 Å². The summed E-state index contributed by atoms with van der Waals surface area (Å²) in [5.74, 6) is 1.11. The van der Waals surface area contributed by atoms with Gasteiger partial charge in [-0.3, -0.25) is 4.79 Å². The number of hydrogen-bond acceptors (Lipinski definition) is 4. The van der Waals surface area contributed by atoms with Crippen molar-refractivity contribution in [3.05, 3.63) is 28.8 Å². The molecule has 0 aromatic heterocycles. The van der Waals surface area contributed by atoms with Crippen LogP contribution in [0.15, 0.2) is 28.2 Å². The van der Waals surface area contributed by atoms with Gasteiger partial charge in [-0.15, -0.1) is 0 Å². The van der Waals surface area contributed by atoms with Gasteiger partial charge in [0.2, 0.25) is 0 Å². The van der Waals surface area contributed by atoms with Crippen LogP contribution in [0.3, 0.4) is 0 Å². The predicted octanol–water partition coefficient (Wildman–Crippen LogP) is -1.04. The molecule has 5 nitrogen and oxygen atoms in total. The van der Waals surface area contributed by atoms with E-state index in [4.69, 9.17) is 4.74 Å². The predicted molar refractivity (Wildman–Crippen MR) is 57.6 cm³/mol. The third-order valence-electron chi connectivity index (χ3n) is 2.62. The van der Waals surface area contributed by atoms with Crippen molar-refractivity contribution in [1.29, 1.82) is 0 Å². The van der Waals surface area contributed by atoms with E-state index in [1.807, 2.05) is 18.2 Å². The van der Waals surface area contributed by atoms with E-state index in [9.17, 15) is 4.79 Å². The van der Waals surface area contributed by atoms with Gasteiger partial charge in [0.05, 0.1) is 18.0 Å². The summed E-state index contributed by atoms with van der Waals surface area (Å²) in [5, 5.41) is 4.22. The molecule has 1 N–H and O–H groups in total.